The molecule has 0 heterocycles. The first-order chi connectivity index (χ1) is 7.36. The van der Waals surface area contributed by atoms with Crippen molar-refractivity contribution in [3.63, 3.8) is 0 Å². The molecule has 15 heavy (non-hydrogen) atoms. The number of aliphatic hydroxyl groups is 1. The first-order valence-corrected chi connectivity index (χ1v) is 5.69. The number of unbranched alkanes of at least 4 members (excludes halogenated alkanes) is 2. The van der Waals surface area contributed by atoms with Crippen molar-refractivity contribution in [3.05, 3.63) is 29.8 Å². The average Bonchev–Trinajstić information content (AvgIpc) is 2.26. The van der Waals surface area contributed by atoms with Crippen molar-refractivity contribution in [3.8, 4) is 5.75 Å². The molecule has 0 aromatic heterocycles. The summed E-state index contributed by atoms with van der Waals surface area (Å²) in [6, 6.07) is 8.25. The molecule has 0 aliphatic carbocycles. The first kappa shape index (κ1) is 12.1. The lowest BCUT2D eigenvalue weighted by molar-refractivity contribution is 0.283. The summed E-state index contributed by atoms with van der Waals surface area (Å²) in [5.41, 5.74) is 1.32. The van der Waals surface area contributed by atoms with E-state index in [0.717, 1.165) is 31.4 Å². The third-order valence-electron chi connectivity index (χ3n) is 2.33. The van der Waals surface area contributed by atoms with Crippen LogP contribution in [0.5, 0.6) is 5.75 Å². The SMILES string of the molecule is CCOc1cccc(CCCCCO)c1. The lowest BCUT2D eigenvalue weighted by Gasteiger charge is -2.05. The normalized spacial score (nSPS) is 10.3. The second-order valence-electron chi connectivity index (χ2n) is 3.61. The molecule has 2 nitrogen and oxygen atoms in total. The molecule has 0 fully saturated rings. The Morgan fingerprint density at radius 3 is 2.80 bits per heavy atom. The van der Waals surface area contributed by atoms with Gasteiger partial charge in [0.1, 0.15) is 5.75 Å². The number of aliphatic hydroxyl groups excluding tert-OH is 1. The summed E-state index contributed by atoms with van der Waals surface area (Å²) in [7, 11) is 0. The standard InChI is InChI=1S/C13H20O2/c1-2-15-13-9-6-8-12(11-13)7-4-3-5-10-14/h6,8-9,11,14H,2-5,7,10H2,1H3. The minimum absolute atomic E-state index is 0.305. The Labute approximate surface area is 91.9 Å². The van der Waals surface area contributed by atoms with Crippen LogP contribution in [0.25, 0.3) is 0 Å². The molecule has 1 aromatic carbocycles. The maximum absolute atomic E-state index is 8.66. The number of rotatable bonds is 7. The highest BCUT2D eigenvalue weighted by atomic mass is 16.5. The van der Waals surface area contributed by atoms with Gasteiger partial charge >= 0.3 is 0 Å². The second-order valence-corrected chi connectivity index (χ2v) is 3.61. The van der Waals surface area contributed by atoms with E-state index in [4.69, 9.17) is 9.84 Å². The zero-order valence-electron chi connectivity index (χ0n) is 9.41. The lowest BCUT2D eigenvalue weighted by atomic mass is 10.1. The van der Waals surface area contributed by atoms with Crippen LogP contribution in [-0.2, 0) is 6.42 Å². The molecule has 0 amide bonds. The molecule has 84 valence electrons. The van der Waals surface area contributed by atoms with Crippen molar-refractivity contribution in [2.45, 2.75) is 32.6 Å². The Morgan fingerprint density at radius 2 is 2.07 bits per heavy atom. The zero-order valence-corrected chi connectivity index (χ0v) is 9.41. The third-order valence-corrected chi connectivity index (χ3v) is 2.33. The minimum atomic E-state index is 0.305. The van der Waals surface area contributed by atoms with Crippen LogP contribution < -0.4 is 4.74 Å². The Bertz CT molecular complexity index is 271. The first-order valence-electron chi connectivity index (χ1n) is 5.69. The monoisotopic (exact) mass is 208 g/mol. The van der Waals surface area contributed by atoms with E-state index in [1.807, 2.05) is 19.1 Å². The van der Waals surface area contributed by atoms with E-state index >= 15 is 0 Å². The van der Waals surface area contributed by atoms with Gasteiger partial charge in [-0.05, 0) is 43.9 Å². The zero-order chi connectivity index (χ0) is 10.9. The molecule has 0 aliphatic rings. The van der Waals surface area contributed by atoms with Crippen molar-refractivity contribution in [2.24, 2.45) is 0 Å². The second kappa shape index (κ2) is 7.30. The van der Waals surface area contributed by atoms with Gasteiger partial charge in [-0.3, -0.25) is 0 Å². The smallest absolute Gasteiger partial charge is 0.119 e. The van der Waals surface area contributed by atoms with Crippen LogP contribution in [0.15, 0.2) is 24.3 Å². The van der Waals surface area contributed by atoms with Gasteiger partial charge in [0.25, 0.3) is 0 Å². The largest absolute Gasteiger partial charge is 0.494 e. The molecule has 0 saturated carbocycles. The Balaban J connectivity index is 2.36. The van der Waals surface area contributed by atoms with Gasteiger partial charge in [-0.25, -0.2) is 0 Å². The molecule has 0 unspecified atom stereocenters. The van der Waals surface area contributed by atoms with E-state index in [1.54, 1.807) is 0 Å². The quantitative estimate of drug-likeness (QED) is 0.698. The van der Waals surface area contributed by atoms with E-state index in [1.165, 1.54) is 5.56 Å². The Hall–Kier alpha value is -1.02. The van der Waals surface area contributed by atoms with E-state index < -0.39 is 0 Å². The third kappa shape index (κ3) is 4.84. The highest BCUT2D eigenvalue weighted by Crippen LogP contribution is 2.15. The van der Waals surface area contributed by atoms with Crippen molar-refractivity contribution in [2.75, 3.05) is 13.2 Å². The highest BCUT2D eigenvalue weighted by Gasteiger charge is 1.96. The van der Waals surface area contributed by atoms with Crippen LogP contribution >= 0.6 is 0 Å². The van der Waals surface area contributed by atoms with E-state index in [0.29, 0.717) is 13.2 Å². The van der Waals surface area contributed by atoms with Gasteiger partial charge in [0.2, 0.25) is 0 Å². The highest BCUT2D eigenvalue weighted by molar-refractivity contribution is 5.28. The maximum atomic E-state index is 8.66. The number of aryl methyl sites for hydroxylation is 1. The topological polar surface area (TPSA) is 29.5 Å². The number of benzene rings is 1. The fourth-order valence-corrected chi connectivity index (χ4v) is 1.58. The van der Waals surface area contributed by atoms with E-state index in [2.05, 4.69) is 12.1 Å². The van der Waals surface area contributed by atoms with Gasteiger partial charge in [-0.2, -0.15) is 0 Å². The fraction of sp³-hybridized carbons (Fsp3) is 0.538. The van der Waals surface area contributed by atoms with Gasteiger partial charge in [-0.15, -0.1) is 0 Å². The Morgan fingerprint density at radius 1 is 1.20 bits per heavy atom. The van der Waals surface area contributed by atoms with Crippen molar-refractivity contribution < 1.29 is 9.84 Å². The molecule has 1 aromatic rings. The van der Waals surface area contributed by atoms with Gasteiger partial charge in [0, 0.05) is 6.61 Å². The van der Waals surface area contributed by atoms with E-state index in [9.17, 15) is 0 Å². The fourth-order valence-electron chi connectivity index (χ4n) is 1.58. The average molecular weight is 208 g/mol. The summed E-state index contributed by atoms with van der Waals surface area (Å²) in [4.78, 5) is 0. The predicted molar refractivity (Wildman–Crippen MR) is 62.3 cm³/mol. The van der Waals surface area contributed by atoms with Gasteiger partial charge < -0.3 is 9.84 Å². The molecule has 2 heteroatoms. The molecule has 0 bridgehead atoms. The molecule has 0 atom stereocenters. The molecule has 1 rings (SSSR count). The summed E-state index contributed by atoms with van der Waals surface area (Å²) in [5, 5.41) is 8.66. The number of ether oxygens (including phenoxy) is 1. The summed E-state index contributed by atoms with van der Waals surface area (Å²) in [6.07, 6.45) is 4.21. The summed E-state index contributed by atoms with van der Waals surface area (Å²) < 4.78 is 5.43. The molecule has 1 N–H and O–H groups in total. The summed E-state index contributed by atoms with van der Waals surface area (Å²) in [6.45, 7) is 3.01. The minimum Gasteiger partial charge on any atom is -0.494 e. The van der Waals surface area contributed by atoms with Crippen LogP contribution in [-0.4, -0.2) is 18.3 Å². The van der Waals surface area contributed by atoms with Crippen LogP contribution in [0.4, 0.5) is 0 Å². The van der Waals surface area contributed by atoms with Gasteiger partial charge in [0.05, 0.1) is 6.61 Å². The molecular weight excluding hydrogens is 188 g/mol. The lowest BCUT2D eigenvalue weighted by Crippen LogP contribution is -1.93. The van der Waals surface area contributed by atoms with Crippen molar-refractivity contribution >= 4 is 0 Å². The van der Waals surface area contributed by atoms with Crippen LogP contribution in [0.1, 0.15) is 31.7 Å². The summed E-state index contributed by atoms with van der Waals surface area (Å²) >= 11 is 0. The molecule has 0 radical (unpaired) electrons. The van der Waals surface area contributed by atoms with Crippen LogP contribution in [0.2, 0.25) is 0 Å². The maximum Gasteiger partial charge on any atom is 0.119 e. The predicted octanol–water partition coefficient (Wildman–Crippen LogP) is 2.79. The van der Waals surface area contributed by atoms with Crippen molar-refractivity contribution in [1.29, 1.82) is 0 Å². The Kier molecular flexibility index (Phi) is 5.86. The van der Waals surface area contributed by atoms with E-state index in [-0.39, 0.29) is 0 Å². The van der Waals surface area contributed by atoms with Crippen LogP contribution in [0, 0.1) is 0 Å². The molecule has 0 aliphatic heterocycles. The number of hydrogen-bond acceptors (Lipinski definition) is 2. The molecule has 0 saturated heterocycles. The number of hydrogen-bond donors (Lipinski definition) is 1. The van der Waals surface area contributed by atoms with Gasteiger partial charge in [-0.1, -0.05) is 18.6 Å². The van der Waals surface area contributed by atoms with Gasteiger partial charge in [0.15, 0.2) is 0 Å². The van der Waals surface area contributed by atoms with Crippen LogP contribution in [0.3, 0.4) is 0 Å². The van der Waals surface area contributed by atoms with Crippen molar-refractivity contribution in [1.82, 2.24) is 0 Å². The summed E-state index contributed by atoms with van der Waals surface area (Å²) in [5.74, 6) is 0.956. The molecule has 0 spiro atoms. The molecular formula is C13H20O2.